The average molecular weight is 263 g/mol. The van der Waals surface area contributed by atoms with Crippen LogP contribution in [-0.2, 0) is 6.54 Å². The van der Waals surface area contributed by atoms with E-state index in [1.54, 1.807) is 36.8 Å². The van der Waals surface area contributed by atoms with E-state index in [9.17, 15) is 9.90 Å². The SMILES string of the molecule is COc1csc(C(=O)NCc2ccccc2O)c1. The van der Waals surface area contributed by atoms with Crippen molar-refractivity contribution in [2.75, 3.05) is 7.11 Å². The van der Waals surface area contributed by atoms with Crippen LogP contribution in [0.25, 0.3) is 0 Å². The highest BCUT2D eigenvalue weighted by atomic mass is 32.1. The van der Waals surface area contributed by atoms with Crippen LogP contribution in [0.4, 0.5) is 0 Å². The average Bonchev–Trinajstić information content (AvgIpc) is 2.86. The number of phenols is 1. The molecule has 0 saturated heterocycles. The molecular formula is C13H13NO3S. The zero-order valence-corrected chi connectivity index (χ0v) is 10.7. The number of hydrogen-bond acceptors (Lipinski definition) is 4. The van der Waals surface area contributed by atoms with Gasteiger partial charge in [-0.1, -0.05) is 18.2 Å². The Balaban J connectivity index is 1.98. The minimum Gasteiger partial charge on any atom is -0.508 e. The van der Waals surface area contributed by atoms with E-state index < -0.39 is 0 Å². The summed E-state index contributed by atoms with van der Waals surface area (Å²) in [5.74, 6) is 0.681. The first-order valence-corrected chi connectivity index (χ1v) is 6.26. The largest absolute Gasteiger partial charge is 0.508 e. The zero-order valence-electron chi connectivity index (χ0n) is 9.84. The third-order valence-electron chi connectivity index (χ3n) is 2.47. The molecule has 18 heavy (non-hydrogen) atoms. The molecule has 4 nitrogen and oxygen atoms in total. The van der Waals surface area contributed by atoms with Crippen LogP contribution in [0.2, 0.25) is 0 Å². The number of thiophene rings is 1. The Kier molecular flexibility index (Phi) is 3.84. The Morgan fingerprint density at radius 2 is 2.22 bits per heavy atom. The van der Waals surface area contributed by atoms with Crippen LogP contribution in [0, 0.1) is 0 Å². The molecule has 0 bridgehead atoms. The maximum atomic E-state index is 11.8. The number of carbonyl (C=O) groups excluding carboxylic acids is 1. The van der Waals surface area contributed by atoms with E-state index >= 15 is 0 Å². The fourth-order valence-electron chi connectivity index (χ4n) is 1.47. The highest BCUT2D eigenvalue weighted by molar-refractivity contribution is 7.12. The molecule has 0 aliphatic heterocycles. The fourth-order valence-corrected chi connectivity index (χ4v) is 2.24. The summed E-state index contributed by atoms with van der Waals surface area (Å²) < 4.78 is 5.02. The molecule has 1 heterocycles. The van der Waals surface area contributed by atoms with Crippen molar-refractivity contribution in [1.29, 1.82) is 0 Å². The van der Waals surface area contributed by atoms with Crippen molar-refractivity contribution in [2.45, 2.75) is 6.54 Å². The molecule has 2 rings (SSSR count). The number of carbonyl (C=O) groups is 1. The lowest BCUT2D eigenvalue weighted by atomic mass is 10.2. The summed E-state index contributed by atoms with van der Waals surface area (Å²) in [6, 6.07) is 8.60. The summed E-state index contributed by atoms with van der Waals surface area (Å²) in [6.07, 6.45) is 0. The lowest BCUT2D eigenvalue weighted by Gasteiger charge is -2.05. The molecular weight excluding hydrogens is 250 g/mol. The summed E-state index contributed by atoms with van der Waals surface area (Å²) in [4.78, 5) is 12.4. The molecule has 0 spiro atoms. The minimum absolute atomic E-state index is 0.174. The van der Waals surface area contributed by atoms with Crippen molar-refractivity contribution in [2.24, 2.45) is 0 Å². The van der Waals surface area contributed by atoms with Gasteiger partial charge in [0, 0.05) is 23.6 Å². The van der Waals surface area contributed by atoms with Crippen LogP contribution >= 0.6 is 11.3 Å². The van der Waals surface area contributed by atoms with Gasteiger partial charge < -0.3 is 15.2 Å². The summed E-state index contributed by atoms with van der Waals surface area (Å²) in [6.45, 7) is 0.297. The van der Waals surface area contributed by atoms with Crippen molar-refractivity contribution in [3.63, 3.8) is 0 Å². The Bertz CT molecular complexity index is 551. The van der Waals surface area contributed by atoms with Crippen LogP contribution in [0.5, 0.6) is 11.5 Å². The fraction of sp³-hybridized carbons (Fsp3) is 0.154. The first-order valence-electron chi connectivity index (χ1n) is 5.38. The van der Waals surface area contributed by atoms with Crippen LogP contribution in [0.1, 0.15) is 15.2 Å². The summed E-state index contributed by atoms with van der Waals surface area (Å²) >= 11 is 1.32. The standard InChI is InChI=1S/C13H13NO3S/c1-17-10-6-12(18-8-10)13(16)14-7-9-4-2-3-5-11(9)15/h2-6,8,15H,7H2,1H3,(H,14,16). The minimum atomic E-state index is -0.174. The van der Waals surface area contributed by atoms with E-state index in [0.717, 1.165) is 0 Å². The summed E-state index contributed by atoms with van der Waals surface area (Å²) in [5.41, 5.74) is 0.689. The van der Waals surface area contributed by atoms with Gasteiger partial charge in [0.25, 0.3) is 5.91 Å². The molecule has 0 aliphatic rings. The van der Waals surface area contributed by atoms with E-state index in [1.165, 1.54) is 11.3 Å². The molecule has 0 aliphatic carbocycles. The molecule has 0 atom stereocenters. The van der Waals surface area contributed by atoms with Gasteiger partial charge >= 0.3 is 0 Å². The molecule has 1 amide bonds. The maximum Gasteiger partial charge on any atom is 0.261 e. The van der Waals surface area contributed by atoms with E-state index in [4.69, 9.17) is 4.74 Å². The number of amides is 1. The number of methoxy groups -OCH3 is 1. The molecule has 2 N–H and O–H groups in total. The molecule has 1 aromatic heterocycles. The predicted octanol–water partition coefficient (Wildman–Crippen LogP) is 2.39. The molecule has 0 unspecified atom stereocenters. The molecule has 5 heteroatoms. The topological polar surface area (TPSA) is 58.6 Å². The van der Waals surface area contributed by atoms with E-state index in [1.807, 2.05) is 6.07 Å². The first kappa shape index (κ1) is 12.4. The number of aromatic hydroxyl groups is 1. The molecule has 0 radical (unpaired) electrons. The second-order valence-electron chi connectivity index (χ2n) is 3.66. The van der Waals surface area contributed by atoms with E-state index in [2.05, 4.69) is 5.32 Å². The third kappa shape index (κ3) is 2.81. The second-order valence-corrected chi connectivity index (χ2v) is 4.57. The Hall–Kier alpha value is -2.01. The highest BCUT2D eigenvalue weighted by Crippen LogP contribution is 2.21. The molecule has 1 aromatic carbocycles. The number of nitrogens with one attached hydrogen (secondary N) is 1. The molecule has 2 aromatic rings. The molecule has 0 saturated carbocycles. The van der Waals surface area contributed by atoms with Crippen LogP contribution in [-0.4, -0.2) is 18.1 Å². The monoisotopic (exact) mass is 263 g/mol. The van der Waals surface area contributed by atoms with Crippen LogP contribution < -0.4 is 10.1 Å². The zero-order chi connectivity index (χ0) is 13.0. The number of ether oxygens (including phenoxy) is 1. The van der Waals surface area contributed by atoms with Crippen molar-refractivity contribution >= 4 is 17.2 Å². The lowest BCUT2D eigenvalue weighted by Crippen LogP contribution is -2.21. The number of phenolic OH excluding ortho intramolecular Hbond substituents is 1. The third-order valence-corrected chi connectivity index (χ3v) is 3.37. The van der Waals surface area contributed by atoms with Gasteiger partial charge in [-0.15, -0.1) is 11.3 Å². The summed E-state index contributed by atoms with van der Waals surface area (Å²) in [7, 11) is 1.56. The van der Waals surface area contributed by atoms with Gasteiger partial charge in [-0.05, 0) is 6.07 Å². The highest BCUT2D eigenvalue weighted by Gasteiger charge is 2.09. The number of hydrogen-bond donors (Lipinski definition) is 2. The van der Waals surface area contributed by atoms with Crippen molar-refractivity contribution in [1.82, 2.24) is 5.32 Å². The first-order chi connectivity index (χ1) is 8.70. The lowest BCUT2D eigenvalue weighted by molar-refractivity contribution is 0.0954. The van der Waals surface area contributed by atoms with E-state index in [0.29, 0.717) is 22.7 Å². The maximum absolute atomic E-state index is 11.8. The molecule has 94 valence electrons. The Morgan fingerprint density at radius 1 is 1.44 bits per heavy atom. The smallest absolute Gasteiger partial charge is 0.261 e. The van der Waals surface area contributed by atoms with Crippen molar-refractivity contribution in [3.05, 3.63) is 46.2 Å². The van der Waals surface area contributed by atoms with Gasteiger partial charge in [0.05, 0.1) is 12.0 Å². The van der Waals surface area contributed by atoms with Crippen LogP contribution in [0.3, 0.4) is 0 Å². The van der Waals surface area contributed by atoms with Gasteiger partial charge in [0.2, 0.25) is 0 Å². The summed E-state index contributed by atoms with van der Waals surface area (Å²) in [5, 5.41) is 14.1. The van der Waals surface area contributed by atoms with Crippen molar-refractivity contribution in [3.8, 4) is 11.5 Å². The number of para-hydroxylation sites is 1. The quantitative estimate of drug-likeness (QED) is 0.890. The van der Waals surface area contributed by atoms with Gasteiger partial charge in [-0.3, -0.25) is 4.79 Å². The van der Waals surface area contributed by atoms with Crippen molar-refractivity contribution < 1.29 is 14.6 Å². The van der Waals surface area contributed by atoms with Crippen LogP contribution in [0.15, 0.2) is 35.7 Å². The van der Waals surface area contributed by atoms with Gasteiger partial charge in [-0.25, -0.2) is 0 Å². The van der Waals surface area contributed by atoms with Gasteiger partial charge in [0.15, 0.2) is 0 Å². The molecule has 0 fully saturated rings. The predicted molar refractivity (Wildman–Crippen MR) is 70.1 cm³/mol. The Morgan fingerprint density at radius 3 is 2.89 bits per heavy atom. The number of rotatable bonds is 4. The van der Waals surface area contributed by atoms with E-state index in [-0.39, 0.29) is 11.7 Å². The van der Waals surface area contributed by atoms with Gasteiger partial charge in [0.1, 0.15) is 11.5 Å². The Labute approximate surface area is 109 Å². The number of benzene rings is 1. The second kappa shape index (κ2) is 5.55. The van der Waals surface area contributed by atoms with Gasteiger partial charge in [-0.2, -0.15) is 0 Å². The normalized spacial score (nSPS) is 10.1.